The molecule has 1 spiro atoms. The smallest absolute Gasteiger partial charge is 0.323 e. The molecule has 2 amide bonds. The lowest BCUT2D eigenvalue weighted by Gasteiger charge is -2.60. The first-order valence-corrected chi connectivity index (χ1v) is 12.4. The van der Waals surface area contributed by atoms with Gasteiger partial charge in [0.05, 0.1) is 11.5 Å². The fourth-order valence-electron chi connectivity index (χ4n) is 6.42. The van der Waals surface area contributed by atoms with Crippen molar-refractivity contribution in [2.75, 3.05) is 26.2 Å². The van der Waals surface area contributed by atoms with Crippen molar-refractivity contribution in [1.29, 1.82) is 0 Å². The van der Waals surface area contributed by atoms with Crippen LogP contribution in [0.3, 0.4) is 0 Å². The van der Waals surface area contributed by atoms with Crippen LogP contribution in [0.1, 0.15) is 73.4 Å². The Morgan fingerprint density at radius 3 is 2.24 bits per heavy atom. The number of likely N-dealkylation sites (tertiary alicyclic amines) is 2. The summed E-state index contributed by atoms with van der Waals surface area (Å²) in [5, 5.41) is 4.46. The molecule has 2 aliphatic heterocycles. The van der Waals surface area contributed by atoms with Crippen LogP contribution in [-0.4, -0.2) is 63.0 Å². The molecule has 1 aromatic heterocycles. The lowest BCUT2D eigenvalue weighted by Crippen LogP contribution is -2.67. The molecule has 0 atom stereocenters. The largest absolute Gasteiger partial charge is 0.398 e. The molecular formula is C25H28F3N5O. The number of carbonyl (C=O) groups is 1. The number of hydrogen-bond acceptors (Lipinski definition) is 3. The van der Waals surface area contributed by atoms with Crippen molar-refractivity contribution in [3.05, 3.63) is 47.5 Å². The highest BCUT2D eigenvalue weighted by atomic mass is 19.4. The molecule has 7 rings (SSSR count). The SMILES string of the molecule is O=C(N1CC(c2ccc(C3(C(F)(F)F)CC3)cc2)C1)N1CC2(CC(n3ncnc3C3CC3)C2)C1. The fraction of sp³-hybridized carbons (Fsp3) is 0.640. The van der Waals surface area contributed by atoms with E-state index in [1.54, 1.807) is 18.5 Å². The van der Waals surface area contributed by atoms with Crippen molar-refractivity contribution >= 4 is 6.03 Å². The maximum Gasteiger partial charge on any atom is 0.398 e. The fourth-order valence-corrected chi connectivity index (χ4v) is 6.42. The Hall–Kier alpha value is -2.58. The molecule has 3 aliphatic carbocycles. The molecule has 5 aliphatic rings. The van der Waals surface area contributed by atoms with Crippen LogP contribution in [0.4, 0.5) is 18.0 Å². The topological polar surface area (TPSA) is 54.3 Å². The van der Waals surface area contributed by atoms with Gasteiger partial charge in [-0.25, -0.2) is 14.5 Å². The van der Waals surface area contributed by atoms with Crippen molar-refractivity contribution in [1.82, 2.24) is 24.6 Å². The Bertz CT molecular complexity index is 1110. The minimum atomic E-state index is -4.18. The monoisotopic (exact) mass is 471 g/mol. The zero-order valence-corrected chi connectivity index (χ0v) is 19.0. The minimum absolute atomic E-state index is 0.0929. The van der Waals surface area contributed by atoms with Crippen molar-refractivity contribution in [2.24, 2.45) is 5.41 Å². The van der Waals surface area contributed by atoms with Crippen molar-refractivity contribution in [2.45, 2.75) is 68.0 Å². The summed E-state index contributed by atoms with van der Waals surface area (Å²) >= 11 is 0. The molecule has 1 aromatic carbocycles. The second-order valence-corrected chi connectivity index (χ2v) is 11.3. The number of amides is 2. The van der Waals surface area contributed by atoms with Crippen LogP contribution in [0.25, 0.3) is 0 Å². The highest BCUT2D eigenvalue weighted by Gasteiger charge is 2.64. The predicted molar refractivity (Wildman–Crippen MR) is 117 cm³/mol. The molecule has 180 valence electrons. The molecule has 2 saturated heterocycles. The van der Waals surface area contributed by atoms with E-state index in [1.165, 1.54) is 12.8 Å². The van der Waals surface area contributed by atoms with Crippen LogP contribution in [-0.2, 0) is 5.41 Å². The lowest BCUT2D eigenvalue weighted by atomic mass is 9.60. The maximum atomic E-state index is 13.3. The van der Waals surface area contributed by atoms with Gasteiger partial charge in [0.25, 0.3) is 0 Å². The van der Waals surface area contributed by atoms with Crippen LogP contribution in [0.5, 0.6) is 0 Å². The Morgan fingerprint density at radius 1 is 0.971 bits per heavy atom. The van der Waals surface area contributed by atoms with E-state index in [0.29, 0.717) is 30.6 Å². The van der Waals surface area contributed by atoms with E-state index in [-0.39, 0.29) is 30.2 Å². The van der Waals surface area contributed by atoms with Gasteiger partial charge in [0.15, 0.2) is 0 Å². The van der Waals surface area contributed by atoms with Gasteiger partial charge in [-0.3, -0.25) is 0 Å². The standard InChI is InChI=1S/C25H28F3N5O/c26-25(27,28)24(7-8-24)19-5-3-16(4-6-19)18-11-31(12-18)22(34)32-13-23(14-32)9-20(10-23)33-21(17-1-2-17)29-15-30-33/h3-6,15,17-18,20H,1-2,7-14H2. The van der Waals surface area contributed by atoms with Crippen molar-refractivity contribution in [3.8, 4) is 0 Å². The van der Waals surface area contributed by atoms with Crippen molar-refractivity contribution < 1.29 is 18.0 Å². The average molecular weight is 472 g/mol. The van der Waals surface area contributed by atoms with E-state index in [0.717, 1.165) is 37.3 Å². The molecule has 5 fully saturated rings. The highest BCUT2D eigenvalue weighted by molar-refractivity contribution is 5.77. The Balaban J connectivity index is 0.904. The number of benzene rings is 1. The first kappa shape index (κ1) is 20.8. The zero-order valence-electron chi connectivity index (χ0n) is 19.0. The molecule has 2 aromatic rings. The van der Waals surface area contributed by atoms with Crippen LogP contribution < -0.4 is 0 Å². The number of hydrogen-bond donors (Lipinski definition) is 0. The van der Waals surface area contributed by atoms with Crippen LogP contribution in [0.15, 0.2) is 30.6 Å². The third kappa shape index (κ3) is 3.04. The average Bonchev–Trinajstić information content (AvgIpc) is 3.63. The van der Waals surface area contributed by atoms with Crippen LogP contribution >= 0.6 is 0 Å². The van der Waals surface area contributed by atoms with Gasteiger partial charge in [-0.1, -0.05) is 24.3 Å². The summed E-state index contributed by atoms with van der Waals surface area (Å²) in [6.45, 7) is 2.90. The summed E-state index contributed by atoms with van der Waals surface area (Å²) in [4.78, 5) is 21.1. The third-order valence-corrected chi connectivity index (χ3v) is 8.93. The van der Waals surface area contributed by atoms with Gasteiger partial charge >= 0.3 is 12.2 Å². The number of nitrogens with zero attached hydrogens (tertiary/aromatic N) is 5. The number of aromatic nitrogens is 3. The second kappa shape index (κ2) is 6.76. The number of carbonyl (C=O) groups excluding carboxylic acids is 1. The van der Waals surface area contributed by atoms with Gasteiger partial charge < -0.3 is 9.80 Å². The first-order valence-electron chi connectivity index (χ1n) is 12.4. The first-order chi connectivity index (χ1) is 16.3. The summed E-state index contributed by atoms with van der Waals surface area (Å²) < 4.78 is 42.2. The van der Waals surface area contributed by atoms with E-state index in [2.05, 4.69) is 14.8 Å². The van der Waals surface area contributed by atoms with Crippen LogP contribution in [0.2, 0.25) is 0 Å². The Kier molecular flexibility index (Phi) is 4.13. The minimum Gasteiger partial charge on any atom is -0.323 e. The quantitative estimate of drug-likeness (QED) is 0.655. The Labute approximate surface area is 196 Å². The van der Waals surface area contributed by atoms with Gasteiger partial charge in [0, 0.05) is 43.4 Å². The van der Waals surface area contributed by atoms with E-state index < -0.39 is 11.6 Å². The molecule has 3 heterocycles. The summed E-state index contributed by atoms with van der Waals surface area (Å²) in [5.41, 5.74) is 0.00160. The van der Waals surface area contributed by atoms with Gasteiger partial charge in [-0.05, 0) is 49.7 Å². The summed E-state index contributed by atoms with van der Waals surface area (Å²) in [6.07, 6.45) is 2.41. The molecule has 3 saturated carbocycles. The third-order valence-electron chi connectivity index (χ3n) is 8.93. The Morgan fingerprint density at radius 2 is 1.65 bits per heavy atom. The van der Waals surface area contributed by atoms with Gasteiger partial charge in [-0.15, -0.1) is 0 Å². The number of halogens is 3. The maximum absolute atomic E-state index is 13.3. The molecule has 9 heteroatoms. The molecule has 34 heavy (non-hydrogen) atoms. The molecular weight excluding hydrogens is 443 g/mol. The second-order valence-electron chi connectivity index (χ2n) is 11.3. The van der Waals surface area contributed by atoms with E-state index in [1.807, 2.05) is 21.9 Å². The van der Waals surface area contributed by atoms with E-state index in [9.17, 15) is 18.0 Å². The summed E-state index contributed by atoms with van der Waals surface area (Å²) in [7, 11) is 0. The van der Waals surface area contributed by atoms with E-state index in [4.69, 9.17) is 0 Å². The highest BCUT2D eigenvalue weighted by Crippen LogP contribution is 2.59. The number of rotatable bonds is 4. The van der Waals surface area contributed by atoms with Gasteiger partial charge in [-0.2, -0.15) is 18.3 Å². The lowest BCUT2D eigenvalue weighted by molar-refractivity contribution is -0.160. The van der Waals surface area contributed by atoms with Gasteiger partial charge in [0.2, 0.25) is 0 Å². The molecule has 0 radical (unpaired) electrons. The van der Waals surface area contributed by atoms with Crippen molar-refractivity contribution in [3.63, 3.8) is 0 Å². The molecule has 6 nitrogen and oxygen atoms in total. The van der Waals surface area contributed by atoms with Gasteiger partial charge in [0.1, 0.15) is 12.2 Å². The number of alkyl halides is 3. The molecule has 0 unspecified atom stereocenters. The normalized spacial score (nSPS) is 25.6. The summed E-state index contributed by atoms with van der Waals surface area (Å²) in [6, 6.07) is 7.42. The predicted octanol–water partition coefficient (Wildman–Crippen LogP) is 4.61. The molecule has 0 bridgehead atoms. The summed E-state index contributed by atoms with van der Waals surface area (Å²) in [5.74, 6) is 1.93. The van der Waals surface area contributed by atoms with E-state index >= 15 is 0 Å². The number of urea groups is 1. The molecule has 0 N–H and O–H groups in total. The van der Waals surface area contributed by atoms with Crippen LogP contribution in [0, 0.1) is 5.41 Å². The zero-order chi connectivity index (χ0) is 23.3.